The summed E-state index contributed by atoms with van der Waals surface area (Å²) >= 11 is 1.43. The van der Waals surface area contributed by atoms with Gasteiger partial charge in [0.05, 0.1) is 16.8 Å². The van der Waals surface area contributed by atoms with E-state index in [1.807, 2.05) is 32.9 Å². The van der Waals surface area contributed by atoms with E-state index in [9.17, 15) is 4.79 Å². The van der Waals surface area contributed by atoms with Gasteiger partial charge in [-0.15, -0.1) is 0 Å². The number of nitrogens with one attached hydrogen (secondary N) is 2. The number of thioether (sulfide) groups is 1. The molecule has 1 heterocycles. The molecule has 0 radical (unpaired) electrons. The molecule has 0 aliphatic heterocycles. The lowest BCUT2D eigenvalue weighted by atomic mass is 10.0. The smallest absolute Gasteiger partial charge is 0.230 e. The van der Waals surface area contributed by atoms with E-state index in [1.165, 1.54) is 17.3 Å². The summed E-state index contributed by atoms with van der Waals surface area (Å²) in [6.45, 7) is 8.17. The first-order valence-electron chi connectivity index (χ1n) is 6.80. The molecule has 2 rings (SSSR count). The van der Waals surface area contributed by atoms with Gasteiger partial charge in [-0.2, -0.15) is 0 Å². The Balaban J connectivity index is 1.97. The third kappa shape index (κ3) is 3.76. The number of amides is 1. The van der Waals surface area contributed by atoms with Crippen molar-refractivity contribution < 1.29 is 4.79 Å². The molecule has 0 fully saturated rings. The van der Waals surface area contributed by atoms with Gasteiger partial charge in [-0.05, 0) is 44.9 Å². The fraction of sp³-hybridized carbons (Fsp3) is 0.467. The SMILES string of the molecule is CCC(C)(C)NC(=O)CSc1nc2ccc(C)cc2[nH]1. The number of hydrogen-bond acceptors (Lipinski definition) is 3. The lowest BCUT2D eigenvalue weighted by Crippen LogP contribution is -2.43. The van der Waals surface area contributed by atoms with Crippen LogP contribution in [0.25, 0.3) is 11.0 Å². The molecule has 5 heteroatoms. The zero-order valence-corrected chi connectivity index (χ0v) is 13.2. The van der Waals surface area contributed by atoms with Crippen LogP contribution in [0, 0.1) is 6.92 Å². The van der Waals surface area contributed by atoms with Crippen LogP contribution in [0.4, 0.5) is 0 Å². The summed E-state index contributed by atoms with van der Waals surface area (Å²) in [6, 6.07) is 6.09. The van der Waals surface area contributed by atoms with Crippen LogP contribution in [0.5, 0.6) is 0 Å². The second-order valence-electron chi connectivity index (χ2n) is 5.64. The molecule has 1 aromatic heterocycles. The molecule has 2 N–H and O–H groups in total. The molecule has 0 bridgehead atoms. The Hall–Kier alpha value is -1.49. The highest BCUT2D eigenvalue weighted by Crippen LogP contribution is 2.20. The normalized spacial score (nSPS) is 11.8. The van der Waals surface area contributed by atoms with Crippen molar-refractivity contribution in [2.45, 2.75) is 44.8 Å². The summed E-state index contributed by atoms with van der Waals surface area (Å²) in [7, 11) is 0. The minimum absolute atomic E-state index is 0.0403. The van der Waals surface area contributed by atoms with Crippen molar-refractivity contribution in [2.24, 2.45) is 0 Å². The largest absolute Gasteiger partial charge is 0.351 e. The highest BCUT2D eigenvalue weighted by atomic mass is 32.2. The lowest BCUT2D eigenvalue weighted by Gasteiger charge is -2.24. The molecule has 0 saturated heterocycles. The number of rotatable bonds is 5. The molecular formula is C15H21N3OS. The van der Waals surface area contributed by atoms with Crippen molar-refractivity contribution in [1.29, 1.82) is 0 Å². The zero-order valence-electron chi connectivity index (χ0n) is 12.4. The van der Waals surface area contributed by atoms with Crippen molar-refractivity contribution in [1.82, 2.24) is 15.3 Å². The van der Waals surface area contributed by atoms with Gasteiger partial charge in [0.1, 0.15) is 0 Å². The molecular weight excluding hydrogens is 270 g/mol. The molecule has 20 heavy (non-hydrogen) atoms. The molecule has 0 aliphatic rings. The third-order valence-corrected chi connectivity index (χ3v) is 4.19. The molecule has 108 valence electrons. The van der Waals surface area contributed by atoms with Gasteiger partial charge in [-0.1, -0.05) is 24.8 Å². The van der Waals surface area contributed by atoms with Crippen molar-refractivity contribution >= 4 is 28.7 Å². The maximum Gasteiger partial charge on any atom is 0.230 e. The third-order valence-electron chi connectivity index (χ3n) is 3.32. The van der Waals surface area contributed by atoms with E-state index < -0.39 is 0 Å². The first-order valence-corrected chi connectivity index (χ1v) is 7.78. The number of aryl methyl sites for hydroxylation is 1. The number of H-pyrrole nitrogens is 1. The van der Waals surface area contributed by atoms with Crippen molar-refractivity contribution in [3.05, 3.63) is 23.8 Å². The number of hydrogen-bond donors (Lipinski definition) is 2. The van der Waals surface area contributed by atoms with E-state index in [2.05, 4.69) is 28.3 Å². The van der Waals surface area contributed by atoms with Gasteiger partial charge < -0.3 is 10.3 Å². The fourth-order valence-corrected chi connectivity index (χ4v) is 2.49. The number of aromatic nitrogens is 2. The van der Waals surface area contributed by atoms with Crippen LogP contribution >= 0.6 is 11.8 Å². The zero-order chi connectivity index (χ0) is 14.8. The van der Waals surface area contributed by atoms with Crippen LogP contribution in [-0.2, 0) is 4.79 Å². The minimum Gasteiger partial charge on any atom is -0.351 e. The summed E-state index contributed by atoms with van der Waals surface area (Å²) in [5.74, 6) is 0.417. The maximum atomic E-state index is 11.9. The van der Waals surface area contributed by atoms with Crippen LogP contribution in [-0.4, -0.2) is 27.2 Å². The van der Waals surface area contributed by atoms with E-state index >= 15 is 0 Å². The van der Waals surface area contributed by atoms with Gasteiger partial charge in [0.25, 0.3) is 0 Å². The molecule has 1 amide bonds. The monoisotopic (exact) mass is 291 g/mol. The molecule has 0 aliphatic carbocycles. The Morgan fingerprint density at radius 2 is 2.20 bits per heavy atom. The van der Waals surface area contributed by atoms with E-state index in [-0.39, 0.29) is 11.4 Å². The van der Waals surface area contributed by atoms with Gasteiger partial charge in [0.15, 0.2) is 5.16 Å². The highest BCUT2D eigenvalue weighted by Gasteiger charge is 2.18. The predicted molar refractivity (Wildman–Crippen MR) is 84.1 cm³/mol. The first kappa shape index (κ1) is 14.9. The van der Waals surface area contributed by atoms with Gasteiger partial charge in [0.2, 0.25) is 5.91 Å². The average molecular weight is 291 g/mol. The molecule has 0 spiro atoms. The van der Waals surface area contributed by atoms with Gasteiger partial charge in [-0.3, -0.25) is 4.79 Å². The van der Waals surface area contributed by atoms with Crippen LogP contribution in [0.15, 0.2) is 23.4 Å². The Morgan fingerprint density at radius 1 is 1.45 bits per heavy atom. The van der Waals surface area contributed by atoms with Crippen LogP contribution in [0.3, 0.4) is 0 Å². The Labute approximate surface area is 123 Å². The first-order chi connectivity index (χ1) is 9.39. The van der Waals surface area contributed by atoms with E-state index in [0.717, 1.165) is 22.6 Å². The average Bonchev–Trinajstić information content (AvgIpc) is 2.78. The predicted octanol–water partition coefficient (Wildman–Crippen LogP) is 3.27. The second kappa shape index (κ2) is 5.87. The molecule has 0 atom stereocenters. The van der Waals surface area contributed by atoms with Crippen molar-refractivity contribution in [3.63, 3.8) is 0 Å². The standard InChI is InChI=1S/C15H21N3OS/c1-5-15(3,4)18-13(19)9-20-14-16-11-7-6-10(2)8-12(11)17-14/h6-8H,5,9H2,1-4H3,(H,16,17)(H,18,19). The molecule has 0 unspecified atom stereocenters. The highest BCUT2D eigenvalue weighted by molar-refractivity contribution is 7.99. The van der Waals surface area contributed by atoms with Crippen molar-refractivity contribution in [3.8, 4) is 0 Å². The topological polar surface area (TPSA) is 57.8 Å². The lowest BCUT2D eigenvalue weighted by molar-refractivity contribution is -0.120. The minimum atomic E-state index is -0.150. The maximum absolute atomic E-state index is 11.9. The number of fused-ring (bicyclic) bond motifs is 1. The van der Waals surface area contributed by atoms with E-state index in [0.29, 0.717) is 5.75 Å². The number of imidazole rings is 1. The van der Waals surface area contributed by atoms with Crippen molar-refractivity contribution in [2.75, 3.05) is 5.75 Å². The fourth-order valence-electron chi connectivity index (χ4n) is 1.80. The van der Waals surface area contributed by atoms with Crippen LogP contribution < -0.4 is 5.32 Å². The quantitative estimate of drug-likeness (QED) is 0.831. The van der Waals surface area contributed by atoms with Crippen LogP contribution in [0.2, 0.25) is 0 Å². The van der Waals surface area contributed by atoms with E-state index in [1.54, 1.807) is 0 Å². The number of carbonyl (C=O) groups is 1. The van der Waals surface area contributed by atoms with E-state index in [4.69, 9.17) is 0 Å². The Kier molecular flexibility index (Phi) is 4.38. The molecule has 2 aromatic rings. The summed E-state index contributed by atoms with van der Waals surface area (Å²) in [6.07, 6.45) is 0.910. The van der Waals surface area contributed by atoms with Gasteiger partial charge in [-0.25, -0.2) is 4.98 Å². The number of carbonyl (C=O) groups excluding carboxylic acids is 1. The van der Waals surface area contributed by atoms with Gasteiger partial charge >= 0.3 is 0 Å². The number of benzene rings is 1. The molecule has 1 aromatic carbocycles. The summed E-state index contributed by atoms with van der Waals surface area (Å²) in [4.78, 5) is 19.6. The number of nitrogens with zero attached hydrogens (tertiary/aromatic N) is 1. The van der Waals surface area contributed by atoms with Crippen LogP contribution in [0.1, 0.15) is 32.8 Å². The molecule has 4 nitrogen and oxygen atoms in total. The summed E-state index contributed by atoms with van der Waals surface area (Å²) in [5.41, 5.74) is 3.00. The number of aromatic amines is 1. The summed E-state index contributed by atoms with van der Waals surface area (Å²) < 4.78 is 0. The second-order valence-corrected chi connectivity index (χ2v) is 6.60. The van der Waals surface area contributed by atoms with Gasteiger partial charge in [0, 0.05) is 5.54 Å². The summed E-state index contributed by atoms with van der Waals surface area (Å²) in [5, 5.41) is 3.80. The molecule has 0 saturated carbocycles. The Bertz CT molecular complexity index is 619. The Morgan fingerprint density at radius 3 is 2.90 bits per heavy atom.